The molecule has 3 rings (SSSR count). The number of amides is 2. The Morgan fingerprint density at radius 1 is 1.00 bits per heavy atom. The SMILES string of the molecule is CC(=O)Nc1ccc2c(c1)C(=O)Nc1ccccc1N2. The van der Waals surface area contributed by atoms with E-state index in [1.807, 2.05) is 24.3 Å². The van der Waals surface area contributed by atoms with Gasteiger partial charge in [0.15, 0.2) is 0 Å². The highest BCUT2D eigenvalue weighted by molar-refractivity contribution is 6.12. The van der Waals surface area contributed by atoms with Crippen molar-refractivity contribution in [1.82, 2.24) is 0 Å². The van der Waals surface area contributed by atoms with E-state index < -0.39 is 0 Å². The lowest BCUT2D eigenvalue weighted by Gasteiger charge is -2.09. The van der Waals surface area contributed by atoms with Crippen LogP contribution in [0.25, 0.3) is 0 Å². The van der Waals surface area contributed by atoms with Crippen LogP contribution >= 0.6 is 0 Å². The Labute approximate surface area is 116 Å². The van der Waals surface area contributed by atoms with Crippen molar-refractivity contribution in [3.05, 3.63) is 48.0 Å². The maximum atomic E-state index is 12.2. The zero-order valence-corrected chi connectivity index (χ0v) is 10.9. The third kappa shape index (κ3) is 2.21. The lowest BCUT2D eigenvalue weighted by molar-refractivity contribution is -0.114. The molecular weight excluding hydrogens is 254 g/mol. The van der Waals surface area contributed by atoms with Gasteiger partial charge in [0.05, 0.1) is 22.6 Å². The molecule has 20 heavy (non-hydrogen) atoms. The Morgan fingerprint density at radius 2 is 1.70 bits per heavy atom. The van der Waals surface area contributed by atoms with E-state index in [4.69, 9.17) is 0 Å². The van der Waals surface area contributed by atoms with Crippen LogP contribution in [0.3, 0.4) is 0 Å². The predicted octanol–water partition coefficient (Wildman–Crippen LogP) is 2.95. The Kier molecular flexibility index (Phi) is 2.87. The van der Waals surface area contributed by atoms with Gasteiger partial charge in [-0.1, -0.05) is 12.1 Å². The maximum absolute atomic E-state index is 12.2. The van der Waals surface area contributed by atoms with Crippen LogP contribution in [0.2, 0.25) is 0 Å². The number of fused-ring (bicyclic) bond motifs is 2. The zero-order valence-electron chi connectivity index (χ0n) is 10.9. The lowest BCUT2D eigenvalue weighted by atomic mass is 10.1. The second-order valence-corrected chi connectivity index (χ2v) is 4.57. The van der Waals surface area contributed by atoms with Crippen LogP contribution in [0, 0.1) is 0 Å². The third-order valence-corrected chi connectivity index (χ3v) is 3.03. The van der Waals surface area contributed by atoms with Gasteiger partial charge in [-0.2, -0.15) is 0 Å². The standard InChI is InChI=1S/C15H13N3O2/c1-9(19)16-10-6-7-12-11(8-10)15(20)18-14-5-3-2-4-13(14)17-12/h2-8,17H,1H3,(H,16,19)(H,18,20). The van der Waals surface area contributed by atoms with Crippen molar-refractivity contribution >= 4 is 34.6 Å². The quantitative estimate of drug-likeness (QED) is 0.744. The summed E-state index contributed by atoms with van der Waals surface area (Å²) in [5.41, 5.74) is 3.37. The van der Waals surface area contributed by atoms with E-state index in [0.29, 0.717) is 16.9 Å². The van der Waals surface area contributed by atoms with Crippen LogP contribution in [0.5, 0.6) is 0 Å². The molecule has 0 bridgehead atoms. The molecule has 2 aromatic carbocycles. The normalized spacial score (nSPS) is 12.3. The van der Waals surface area contributed by atoms with Crippen molar-refractivity contribution in [2.45, 2.75) is 6.92 Å². The molecule has 0 unspecified atom stereocenters. The molecule has 5 nitrogen and oxygen atoms in total. The smallest absolute Gasteiger partial charge is 0.257 e. The monoisotopic (exact) mass is 267 g/mol. The highest BCUT2D eigenvalue weighted by Gasteiger charge is 2.19. The highest BCUT2D eigenvalue weighted by Crippen LogP contribution is 2.32. The first-order chi connectivity index (χ1) is 9.63. The molecule has 1 aliphatic rings. The van der Waals surface area contributed by atoms with Crippen molar-refractivity contribution in [2.24, 2.45) is 0 Å². The summed E-state index contributed by atoms with van der Waals surface area (Å²) in [5, 5.41) is 8.73. The fourth-order valence-electron chi connectivity index (χ4n) is 2.16. The molecule has 0 saturated carbocycles. The number of rotatable bonds is 1. The molecule has 0 saturated heterocycles. The fraction of sp³-hybridized carbons (Fsp3) is 0.0667. The number of anilines is 4. The average Bonchev–Trinajstić information content (AvgIpc) is 2.54. The van der Waals surface area contributed by atoms with Crippen LogP contribution in [-0.4, -0.2) is 11.8 Å². The first kappa shape index (κ1) is 12.2. The summed E-state index contributed by atoms with van der Waals surface area (Å²) in [6, 6.07) is 12.7. The first-order valence-electron chi connectivity index (χ1n) is 6.22. The van der Waals surface area contributed by atoms with Crippen molar-refractivity contribution in [3.63, 3.8) is 0 Å². The summed E-state index contributed by atoms with van der Waals surface area (Å²) >= 11 is 0. The van der Waals surface area contributed by atoms with Gasteiger partial charge in [0.1, 0.15) is 0 Å². The molecule has 0 radical (unpaired) electrons. The molecule has 2 amide bonds. The van der Waals surface area contributed by atoms with Crippen LogP contribution in [0.4, 0.5) is 22.7 Å². The van der Waals surface area contributed by atoms with Crippen molar-refractivity contribution < 1.29 is 9.59 Å². The van der Waals surface area contributed by atoms with Gasteiger partial charge in [-0.15, -0.1) is 0 Å². The van der Waals surface area contributed by atoms with Gasteiger partial charge in [-0.3, -0.25) is 9.59 Å². The van der Waals surface area contributed by atoms with Gasteiger partial charge in [-0.25, -0.2) is 0 Å². The van der Waals surface area contributed by atoms with Crippen LogP contribution in [-0.2, 0) is 4.79 Å². The molecule has 100 valence electrons. The molecule has 1 aliphatic heterocycles. The Morgan fingerprint density at radius 3 is 2.40 bits per heavy atom. The summed E-state index contributed by atoms with van der Waals surface area (Å²) in [6.45, 7) is 1.43. The van der Waals surface area contributed by atoms with Crippen molar-refractivity contribution in [3.8, 4) is 0 Å². The van der Waals surface area contributed by atoms with Gasteiger partial charge in [-0.05, 0) is 30.3 Å². The lowest BCUT2D eigenvalue weighted by Crippen LogP contribution is -2.12. The van der Waals surface area contributed by atoms with Gasteiger partial charge >= 0.3 is 0 Å². The van der Waals surface area contributed by atoms with E-state index in [2.05, 4.69) is 16.0 Å². The number of hydrogen-bond donors (Lipinski definition) is 3. The number of benzene rings is 2. The van der Waals surface area contributed by atoms with Gasteiger partial charge in [0, 0.05) is 12.6 Å². The summed E-state index contributed by atoms with van der Waals surface area (Å²) < 4.78 is 0. The molecule has 0 aromatic heterocycles. The first-order valence-corrected chi connectivity index (χ1v) is 6.22. The minimum atomic E-state index is -0.204. The number of nitrogens with one attached hydrogen (secondary N) is 3. The Hall–Kier alpha value is -2.82. The Bertz CT molecular complexity index is 710. The minimum absolute atomic E-state index is 0.171. The molecule has 0 fully saturated rings. The average molecular weight is 267 g/mol. The number of hydrogen-bond acceptors (Lipinski definition) is 3. The second-order valence-electron chi connectivity index (χ2n) is 4.57. The zero-order chi connectivity index (χ0) is 14.1. The molecule has 0 atom stereocenters. The number of para-hydroxylation sites is 2. The molecule has 0 aliphatic carbocycles. The summed E-state index contributed by atoms with van der Waals surface area (Å²) in [5.74, 6) is -0.375. The topological polar surface area (TPSA) is 70.2 Å². The summed E-state index contributed by atoms with van der Waals surface area (Å²) in [4.78, 5) is 23.3. The van der Waals surface area contributed by atoms with Gasteiger partial charge in [0.2, 0.25) is 5.91 Å². The van der Waals surface area contributed by atoms with E-state index in [-0.39, 0.29) is 11.8 Å². The van der Waals surface area contributed by atoms with Crippen LogP contribution in [0.1, 0.15) is 17.3 Å². The van der Waals surface area contributed by atoms with Crippen LogP contribution < -0.4 is 16.0 Å². The van der Waals surface area contributed by atoms with Gasteiger partial charge < -0.3 is 16.0 Å². The number of carbonyl (C=O) groups is 2. The van der Waals surface area contributed by atoms with E-state index in [1.54, 1.807) is 18.2 Å². The van der Waals surface area contributed by atoms with Gasteiger partial charge in [0.25, 0.3) is 5.91 Å². The molecule has 1 heterocycles. The maximum Gasteiger partial charge on any atom is 0.257 e. The molecule has 0 spiro atoms. The fourth-order valence-corrected chi connectivity index (χ4v) is 2.16. The van der Waals surface area contributed by atoms with Crippen molar-refractivity contribution in [2.75, 3.05) is 16.0 Å². The van der Waals surface area contributed by atoms with E-state index >= 15 is 0 Å². The van der Waals surface area contributed by atoms with E-state index in [0.717, 1.165) is 11.4 Å². The molecular formula is C15H13N3O2. The van der Waals surface area contributed by atoms with Crippen LogP contribution in [0.15, 0.2) is 42.5 Å². The summed E-state index contributed by atoms with van der Waals surface area (Å²) in [6.07, 6.45) is 0. The predicted molar refractivity (Wildman–Crippen MR) is 78.4 cm³/mol. The summed E-state index contributed by atoms with van der Waals surface area (Å²) in [7, 11) is 0. The highest BCUT2D eigenvalue weighted by atomic mass is 16.2. The second kappa shape index (κ2) is 4.70. The van der Waals surface area contributed by atoms with E-state index in [1.165, 1.54) is 6.92 Å². The Balaban J connectivity index is 2.04. The molecule has 3 N–H and O–H groups in total. The molecule has 2 aromatic rings. The largest absolute Gasteiger partial charge is 0.353 e. The number of carbonyl (C=O) groups excluding carboxylic acids is 2. The molecule has 5 heteroatoms. The minimum Gasteiger partial charge on any atom is -0.353 e. The third-order valence-electron chi connectivity index (χ3n) is 3.03. The van der Waals surface area contributed by atoms with E-state index in [9.17, 15) is 9.59 Å². The van der Waals surface area contributed by atoms with Crippen molar-refractivity contribution in [1.29, 1.82) is 0 Å².